The van der Waals surface area contributed by atoms with Crippen LogP contribution in [0.4, 0.5) is 10.1 Å². The second-order valence-electron chi connectivity index (χ2n) is 8.81. The predicted octanol–water partition coefficient (Wildman–Crippen LogP) is 4.53. The first kappa shape index (κ1) is 28.8. The van der Waals surface area contributed by atoms with E-state index >= 15 is 0 Å². The molecule has 0 bridgehead atoms. The van der Waals surface area contributed by atoms with Crippen LogP contribution in [-0.4, -0.2) is 44.3 Å². The zero-order chi connectivity index (χ0) is 27.7. The van der Waals surface area contributed by atoms with Gasteiger partial charge in [0.2, 0.25) is 11.8 Å². The van der Waals surface area contributed by atoms with Gasteiger partial charge in [0, 0.05) is 13.1 Å². The van der Waals surface area contributed by atoms with Crippen molar-refractivity contribution in [3.8, 4) is 0 Å². The van der Waals surface area contributed by atoms with E-state index in [0.29, 0.717) is 24.2 Å². The minimum atomic E-state index is -4.11. The quantitative estimate of drug-likeness (QED) is 0.367. The van der Waals surface area contributed by atoms with Gasteiger partial charge in [0.25, 0.3) is 10.0 Å². The maximum absolute atomic E-state index is 13.9. The van der Waals surface area contributed by atoms with Crippen molar-refractivity contribution in [2.24, 2.45) is 0 Å². The highest BCUT2D eigenvalue weighted by Crippen LogP contribution is 2.25. The number of nitrogens with zero attached hydrogens (tertiary/aromatic N) is 2. The highest BCUT2D eigenvalue weighted by atomic mass is 32.2. The summed E-state index contributed by atoms with van der Waals surface area (Å²) in [6, 6.07) is 19.7. The molecule has 0 saturated carbocycles. The van der Waals surface area contributed by atoms with Gasteiger partial charge in [-0.1, -0.05) is 56.3 Å². The van der Waals surface area contributed by atoms with Gasteiger partial charge in [0.05, 0.1) is 10.6 Å². The third-order valence-corrected chi connectivity index (χ3v) is 8.03. The van der Waals surface area contributed by atoms with Crippen molar-refractivity contribution < 1.29 is 22.4 Å². The van der Waals surface area contributed by atoms with E-state index in [4.69, 9.17) is 0 Å². The number of benzene rings is 3. The molecule has 9 heteroatoms. The van der Waals surface area contributed by atoms with Gasteiger partial charge in [0.15, 0.2) is 0 Å². The lowest BCUT2D eigenvalue weighted by Gasteiger charge is -2.33. The molecule has 0 radical (unpaired) electrons. The number of amides is 2. The number of sulfonamides is 1. The van der Waals surface area contributed by atoms with Crippen LogP contribution in [0.25, 0.3) is 0 Å². The molecule has 3 aromatic carbocycles. The molecule has 1 N–H and O–H groups in total. The summed E-state index contributed by atoms with van der Waals surface area (Å²) < 4.78 is 42.1. The Morgan fingerprint density at radius 1 is 0.868 bits per heavy atom. The van der Waals surface area contributed by atoms with Gasteiger partial charge < -0.3 is 10.2 Å². The molecule has 2 amide bonds. The van der Waals surface area contributed by atoms with Crippen molar-refractivity contribution in [1.82, 2.24) is 10.2 Å². The molecule has 0 fully saturated rings. The molecule has 0 aliphatic heterocycles. The Labute approximate surface area is 224 Å². The van der Waals surface area contributed by atoms with Crippen LogP contribution in [0.2, 0.25) is 0 Å². The molecule has 3 rings (SSSR count). The van der Waals surface area contributed by atoms with Gasteiger partial charge in [0.1, 0.15) is 18.4 Å². The lowest BCUT2D eigenvalue weighted by Crippen LogP contribution is -2.52. The van der Waals surface area contributed by atoms with Crippen molar-refractivity contribution >= 4 is 27.5 Å². The number of halogens is 1. The zero-order valence-electron chi connectivity index (χ0n) is 21.9. The maximum atomic E-state index is 13.9. The molecule has 0 aromatic heterocycles. The first-order chi connectivity index (χ1) is 18.2. The number of nitrogens with one attached hydrogen (secondary N) is 1. The number of aryl methyl sites for hydroxylation is 1. The first-order valence-electron chi connectivity index (χ1n) is 12.7. The summed E-state index contributed by atoms with van der Waals surface area (Å²) in [6.07, 6.45) is 1.09. The van der Waals surface area contributed by atoms with Crippen LogP contribution in [0.5, 0.6) is 0 Å². The third-order valence-electron chi connectivity index (χ3n) is 6.25. The van der Waals surface area contributed by atoms with E-state index in [9.17, 15) is 22.4 Å². The minimum Gasteiger partial charge on any atom is -0.355 e. The van der Waals surface area contributed by atoms with Gasteiger partial charge in [-0.05, 0) is 67.3 Å². The summed E-state index contributed by atoms with van der Waals surface area (Å²) in [6.45, 7) is 5.45. The maximum Gasteiger partial charge on any atom is 0.264 e. The molecule has 1 atom stereocenters. The third kappa shape index (κ3) is 6.98. The van der Waals surface area contributed by atoms with Crippen LogP contribution in [-0.2, 0) is 32.6 Å². The average molecular weight is 540 g/mol. The van der Waals surface area contributed by atoms with Crippen molar-refractivity contribution in [3.05, 3.63) is 95.8 Å². The summed E-state index contributed by atoms with van der Waals surface area (Å²) in [4.78, 5) is 28.2. The van der Waals surface area contributed by atoms with Crippen molar-refractivity contribution in [1.29, 1.82) is 0 Å². The molecule has 0 heterocycles. The van der Waals surface area contributed by atoms with E-state index in [-0.39, 0.29) is 17.3 Å². The summed E-state index contributed by atoms with van der Waals surface area (Å²) in [7, 11) is -4.11. The second kappa shape index (κ2) is 13.2. The minimum absolute atomic E-state index is 0.0166. The molecule has 38 heavy (non-hydrogen) atoms. The Bertz CT molecular complexity index is 1310. The highest BCUT2D eigenvalue weighted by molar-refractivity contribution is 7.92. The fourth-order valence-corrected chi connectivity index (χ4v) is 5.58. The molecule has 7 nitrogen and oxygen atoms in total. The number of carbonyl (C=O) groups excluding carboxylic acids is 2. The van der Waals surface area contributed by atoms with E-state index in [0.717, 1.165) is 16.3 Å². The van der Waals surface area contributed by atoms with E-state index in [2.05, 4.69) is 5.32 Å². The summed E-state index contributed by atoms with van der Waals surface area (Å²) >= 11 is 0. The van der Waals surface area contributed by atoms with Crippen molar-refractivity contribution in [2.45, 2.75) is 51.1 Å². The highest BCUT2D eigenvalue weighted by Gasteiger charge is 2.33. The van der Waals surface area contributed by atoms with Crippen LogP contribution in [0, 0.1) is 5.82 Å². The SMILES string of the molecule is CCNC(=O)[C@@H](CC)N(Cc1ccc(F)cc1)C(=O)CN(c1ccc(CC)cc1)S(=O)(=O)c1ccccc1. The Morgan fingerprint density at radius 2 is 1.47 bits per heavy atom. The zero-order valence-corrected chi connectivity index (χ0v) is 22.7. The van der Waals surface area contributed by atoms with Crippen LogP contribution >= 0.6 is 0 Å². The molecule has 202 valence electrons. The molecule has 0 aliphatic carbocycles. The fourth-order valence-electron chi connectivity index (χ4n) is 4.14. The van der Waals surface area contributed by atoms with E-state index in [1.165, 1.54) is 29.2 Å². The number of carbonyl (C=O) groups is 2. The van der Waals surface area contributed by atoms with Crippen molar-refractivity contribution in [3.63, 3.8) is 0 Å². The van der Waals surface area contributed by atoms with Crippen molar-refractivity contribution in [2.75, 3.05) is 17.4 Å². The largest absolute Gasteiger partial charge is 0.355 e. The Hall–Kier alpha value is -3.72. The van der Waals surface area contributed by atoms with Gasteiger partial charge in [-0.3, -0.25) is 13.9 Å². The summed E-state index contributed by atoms with van der Waals surface area (Å²) in [5.41, 5.74) is 1.98. The fraction of sp³-hybridized carbons (Fsp3) is 0.310. The average Bonchev–Trinajstić information content (AvgIpc) is 2.93. The van der Waals surface area contributed by atoms with Gasteiger partial charge in [-0.2, -0.15) is 0 Å². The van der Waals surface area contributed by atoms with E-state index in [1.807, 2.05) is 19.1 Å². The monoisotopic (exact) mass is 539 g/mol. The lowest BCUT2D eigenvalue weighted by atomic mass is 10.1. The van der Waals surface area contributed by atoms with E-state index in [1.54, 1.807) is 56.3 Å². The Kier molecular flexibility index (Phi) is 10.0. The number of rotatable bonds is 12. The number of anilines is 1. The molecular weight excluding hydrogens is 505 g/mol. The van der Waals surface area contributed by atoms with Crippen LogP contribution in [0.1, 0.15) is 38.3 Å². The van der Waals surface area contributed by atoms with Crippen LogP contribution in [0.3, 0.4) is 0 Å². The topological polar surface area (TPSA) is 86.8 Å². The smallest absolute Gasteiger partial charge is 0.264 e. The summed E-state index contributed by atoms with van der Waals surface area (Å²) in [5, 5.41) is 2.76. The van der Waals surface area contributed by atoms with Crippen LogP contribution in [0.15, 0.2) is 83.8 Å². The number of likely N-dealkylation sites (N-methyl/N-ethyl adjacent to an activating group) is 1. The lowest BCUT2D eigenvalue weighted by molar-refractivity contribution is -0.140. The van der Waals surface area contributed by atoms with E-state index < -0.39 is 34.3 Å². The van der Waals surface area contributed by atoms with Crippen LogP contribution < -0.4 is 9.62 Å². The normalized spacial score (nSPS) is 12.0. The predicted molar refractivity (Wildman–Crippen MR) is 147 cm³/mol. The second-order valence-corrected chi connectivity index (χ2v) is 10.7. The number of hydrogen-bond donors (Lipinski definition) is 1. The molecule has 0 spiro atoms. The molecule has 0 unspecified atom stereocenters. The molecule has 0 saturated heterocycles. The summed E-state index contributed by atoms with van der Waals surface area (Å²) in [5.74, 6) is -1.31. The van der Waals surface area contributed by atoms with Gasteiger partial charge >= 0.3 is 0 Å². The molecule has 3 aromatic rings. The van der Waals surface area contributed by atoms with Gasteiger partial charge in [-0.15, -0.1) is 0 Å². The standard InChI is InChI=1S/C29H34FN3O4S/c1-4-22-14-18-25(19-15-22)33(38(36,37)26-10-8-7-9-11-26)21-28(34)32(27(5-2)29(35)31-6-3)20-23-12-16-24(30)17-13-23/h7-19,27H,4-6,20-21H2,1-3H3,(H,31,35)/t27-/m1/s1. The first-order valence-corrected chi connectivity index (χ1v) is 14.1. The molecular formula is C29H34FN3O4S. The number of hydrogen-bond acceptors (Lipinski definition) is 4. The Balaban J connectivity index is 2.04. The van der Waals surface area contributed by atoms with Gasteiger partial charge in [-0.25, -0.2) is 12.8 Å². The molecule has 0 aliphatic rings. The Morgan fingerprint density at radius 3 is 2.03 bits per heavy atom.